The summed E-state index contributed by atoms with van der Waals surface area (Å²) in [5.74, 6) is 1.65. The molecule has 0 radical (unpaired) electrons. The van der Waals surface area contributed by atoms with Gasteiger partial charge in [-0.05, 0) is 30.7 Å². The van der Waals surface area contributed by atoms with Crippen molar-refractivity contribution in [3.63, 3.8) is 0 Å². The monoisotopic (exact) mass is 243 g/mol. The Kier molecular flexibility index (Phi) is 4.25. The number of nitrogens with zero attached hydrogens (tertiary/aromatic N) is 2. The van der Waals surface area contributed by atoms with E-state index >= 15 is 0 Å². The number of aromatic nitrogens is 2. The van der Waals surface area contributed by atoms with Crippen LogP contribution in [0.4, 0.5) is 0 Å². The van der Waals surface area contributed by atoms with Gasteiger partial charge < -0.3 is 10.5 Å². The molecule has 0 saturated heterocycles. The lowest BCUT2D eigenvalue weighted by molar-refractivity contribution is 0.340. The lowest BCUT2D eigenvalue weighted by atomic mass is 9.98. The third-order valence-electron chi connectivity index (χ3n) is 2.73. The van der Waals surface area contributed by atoms with Crippen molar-refractivity contribution < 1.29 is 4.74 Å². The van der Waals surface area contributed by atoms with Gasteiger partial charge in [-0.3, -0.25) is 0 Å². The fourth-order valence-corrected chi connectivity index (χ4v) is 1.84. The fraction of sp³-hybridized carbons (Fsp3) is 0.286. The predicted molar refractivity (Wildman–Crippen MR) is 70.5 cm³/mol. The summed E-state index contributed by atoms with van der Waals surface area (Å²) in [5, 5.41) is 0. The Balaban J connectivity index is 2.23. The van der Waals surface area contributed by atoms with Gasteiger partial charge in [0.2, 0.25) is 0 Å². The molecule has 0 aliphatic heterocycles. The summed E-state index contributed by atoms with van der Waals surface area (Å²) < 4.78 is 5.42. The normalized spacial score (nSPS) is 12.1. The van der Waals surface area contributed by atoms with E-state index in [-0.39, 0.29) is 5.92 Å². The van der Waals surface area contributed by atoms with Crippen LogP contribution in [-0.4, -0.2) is 23.1 Å². The molecule has 1 unspecified atom stereocenters. The third-order valence-corrected chi connectivity index (χ3v) is 2.73. The molecule has 2 aromatic rings. The minimum Gasteiger partial charge on any atom is -0.494 e. The van der Waals surface area contributed by atoms with E-state index in [2.05, 4.69) is 9.97 Å². The molecule has 94 valence electrons. The highest BCUT2D eigenvalue weighted by atomic mass is 16.5. The van der Waals surface area contributed by atoms with Crippen molar-refractivity contribution in [3.05, 3.63) is 54.1 Å². The maximum atomic E-state index is 5.82. The SMILES string of the molecule is CCOc1ccc(C(CN)c2ncccn2)cc1. The predicted octanol–water partition coefficient (Wildman–Crippen LogP) is 1.97. The highest BCUT2D eigenvalue weighted by molar-refractivity contribution is 5.32. The van der Waals surface area contributed by atoms with Gasteiger partial charge in [0.05, 0.1) is 12.5 Å². The van der Waals surface area contributed by atoms with E-state index in [1.807, 2.05) is 31.2 Å². The summed E-state index contributed by atoms with van der Waals surface area (Å²) in [6.45, 7) is 3.12. The number of nitrogens with two attached hydrogens (primary N) is 1. The van der Waals surface area contributed by atoms with Gasteiger partial charge in [-0.25, -0.2) is 9.97 Å². The fourth-order valence-electron chi connectivity index (χ4n) is 1.84. The summed E-state index contributed by atoms with van der Waals surface area (Å²) in [6.07, 6.45) is 3.47. The number of hydrogen-bond acceptors (Lipinski definition) is 4. The van der Waals surface area contributed by atoms with E-state index in [9.17, 15) is 0 Å². The van der Waals surface area contributed by atoms with Crippen LogP contribution in [0.3, 0.4) is 0 Å². The summed E-state index contributed by atoms with van der Waals surface area (Å²) in [4.78, 5) is 8.53. The maximum absolute atomic E-state index is 5.82. The molecule has 1 aromatic carbocycles. The van der Waals surface area contributed by atoms with E-state index in [0.717, 1.165) is 17.1 Å². The van der Waals surface area contributed by atoms with Crippen molar-refractivity contribution >= 4 is 0 Å². The Labute approximate surface area is 107 Å². The summed E-state index contributed by atoms with van der Waals surface area (Å²) in [7, 11) is 0. The summed E-state index contributed by atoms with van der Waals surface area (Å²) >= 11 is 0. The molecule has 1 atom stereocenters. The molecule has 0 spiro atoms. The van der Waals surface area contributed by atoms with Crippen molar-refractivity contribution in [1.82, 2.24) is 9.97 Å². The first kappa shape index (κ1) is 12.5. The number of hydrogen-bond donors (Lipinski definition) is 1. The van der Waals surface area contributed by atoms with Gasteiger partial charge in [0.25, 0.3) is 0 Å². The molecule has 2 N–H and O–H groups in total. The van der Waals surface area contributed by atoms with Gasteiger partial charge in [-0.2, -0.15) is 0 Å². The molecule has 18 heavy (non-hydrogen) atoms. The second kappa shape index (κ2) is 6.12. The van der Waals surface area contributed by atoms with Gasteiger partial charge in [0.15, 0.2) is 0 Å². The molecule has 0 bridgehead atoms. The molecule has 1 aromatic heterocycles. The van der Waals surface area contributed by atoms with Crippen LogP contribution in [0.15, 0.2) is 42.7 Å². The molecular weight excluding hydrogens is 226 g/mol. The first-order chi connectivity index (χ1) is 8.85. The zero-order chi connectivity index (χ0) is 12.8. The van der Waals surface area contributed by atoms with Crippen molar-refractivity contribution in [2.24, 2.45) is 5.73 Å². The van der Waals surface area contributed by atoms with Crippen LogP contribution in [0.1, 0.15) is 24.2 Å². The zero-order valence-corrected chi connectivity index (χ0v) is 10.4. The minimum atomic E-state index is 0.0295. The van der Waals surface area contributed by atoms with Gasteiger partial charge in [-0.1, -0.05) is 12.1 Å². The molecule has 0 amide bonds. The first-order valence-corrected chi connectivity index (χ1v) is 6.05. The quantitative estimate of drug-likeness (QED) is 0.872. The van der Waals surface area contributed by atoms with Gasteiger partial charge >= 0.3 is 0 Å². The molecule has 0 fully saturated rings. The number of ether oxygens (including phenoxy) is 1. The summed E-state index contributed by atoms with van der Waals surface area (Å²) in [5.41, 5.74) is 6.93. The van der Waals surface area contributed by atoms with E-state index in [1.54, 1.807) is 18.5 Å². The highest BCUT2D eigenvalue weighted by Crippen LogP contribution is 2.22. The molecule has 0 aliphatic carbocycles. The van der Waals surface area contributed by atoms with Crippen LogP contribution in [0.2, 0.25) is 0 Å². The molecule has 1 heterocycles. The number of benzene rings is 1. The topological polar surface area (TPSA) is 61.0 Å². The highest BCUT2D eigenvalue weighted by Gasteiger charge is 2.14. The summed E-state index contributed by atoms with van der Waals surface area (Å²) in [6, 6.07) is 9.72. The Morgan fingerprint density at radius 2 is 1.83 bits per heavy atom. The Morgan fingerprint density at radius 1 is 1.17 bits per heavy atom. The third kappa shape index (κ3) is 2.84. The second-order valence-corrected chi connectivity index (χ2v) is 3.90. The lowest BCUT2D eigenvalue weighted by Crippen LogP contribution is -2.16. The van der Waals surface area contributed by atoms with Crippen LogP contribution in [0.5, 0.6) is 5.75 Å². The average molecular weight is 243 g/mol. The van der Waals surface area contributed by atoms with Crippen molar-refractivity contribution in [2.75, 3.05) is 13.2 Å². The maximum Gasteiger partial charge on any atom is 0.136 e. The van der Waals surface area contributed by atoms with Crippen LogP contribution in [0, 0.1) is 0 Å². The van der Waals surface area contributed by atoms with Crippen molar-refractivity contribution in [2.45, 2.75) is 12.8 Å². The Bertz CT molecular complexity index is 470. The van der Waals surface area contributed by atoms with Gasteiger partial charge in [-0.15, -0.1) is 0 Å². The molecular formula is C14H17N3O. The lowest BCUT2D eigenvalue weighted by Gasteiger charge is -2.14. The van der Waals surface area contributed by atoms with Crippen molar-refractivity contribution in [1.29, 1.82) is 0 Å². The Morgan fingerprint density at radius 3 is 2.39 bits per heavy atom. The number of rotatable bonds is 5. The minimum absolute atomic E-state index is 0.0295. The first-order valence-electron chi connectivity index (χ1n) is 6.05. The molecule has 4 heteroatoms. The standard InChI is InChI=1S/C14H17N3O/c1-2-18-12-6-4-11(5-7-12)13(10-15)14-16-8-3-9-17-14/h3-9,13H,2,10,15H2,1H3. The van der Waals surface area contributed by atoms with Crippen LogP contribution in [0.25, 0.3) is 0 Å². The molecule has 0 aliphatic rings. The second-order valence-electron chi connectivity index (χ2n) is 3.90. The molecule has 0 saturated carbocycles. The van der Waals surface area contributed by atoms with E-state index in [0.29, 0.717) is 13.2 Å². The van der Waals surface area contributed by atoms with Crippen LogP contribution < -0.4 is 10.5 Å². The molecule has 4 nitrogen and oxygen atoms in total. The van der Waals surface area contributed by atoms with Crippen LogP contribution >= 0.6 is 0 Å². The largest absolute Gasteiger partial charge is 0.494 e. The average Bonchev–Trinajstić information content (AvgIpc) is 2.43. The Hall–Kier alpha value is -1.94. The van der Waals surface area contributed by atoms with Crippen LogP contribution in [-0.2, 0) is 0 Å². The smallest absolute Gasteiger partial charge is 0.136 e. The van der Waals surface area contributed by atoms with Gasteiger partial charge in [0.1, 0.15) is 11.6 Å². The van der Waals surface area contributed by atoms with Crippen molar-refractivity contribution in [3.8, 4) is 5.75 Å². The molecule has 2 rings (SSSR count). The van der Waals surface area contributed by atoms with Gasteiger partial charge in [0, 0.05) is 18.9 Å². The van der Waals surface area contributed by atoms with E-state index in [4.69, 9.17) is 10.5 Å². The van der Waals surface area contributed by atoms with E-state index in [1.165, 1.54) is 0 Å². The zero-order valence-electron chi connectivity index (χ0n) is 10.4. The van der Waals surface area contributed by atoms with E-state index < -0.39 is 0 Å².